The van der Waals surface area contributed by atoms with Crippen LogP contribution in [0.1, 0.15) is 45.6 Å². The second-order valence-electron chi connectivity index (χ2n) is 8.69. The first-order valence-corrected chi connectivity index (χ1v) is 11.6. The first kappa shape index (κ1) is 20.7. The molecular formula is C26H28N8O3. The number of carbonyl (C=O) groups is 1. The van der Waals surface area contributed by atoms with Crippen LogP contribution in [0.3, 0.4) is 0 Å². The van der Waals surface area contributed by atoms with E-state index in [1.807, 2.05) is 43.4 Å². The van der Waals surface area contributed by atoms with Crippen LogP contribution in [0.25, 0.3) is 11.4 Å². The number of methoxy groups -OCH3 is 1. The largest absolute Gasteiger partial charge is 0.494 e. The summed E-state index contributed by atoms with van der Waals surface area (Å²) in [4.78, 5) is 26.3. The number of amides is 1. The molecule has 37 heavy (non-hydrogen) atoms. The number of rotatable bonds is 4. The lowest BCUT2D eigenvalue weighted by Crippen LogP contribution is -2.20. The zero-order valence-electron chi connectivity index (χ0n) is 23.6. The topological polar surface area (TPSA) is 128 Å². The fourth-order valence-corrected chi connectivity index (χ4v) is 3.95. The molecule has 0 unspecified atom stereocenters. The summed E-state index contributed by atoms with van der Waals surface area (Å²) in [5.74, 6) is 0.963. The van der Waals surface area contributed by atoms with Crippen LogP contribution in [-0.4, -0.2) is 44.7 Å². The van der Waals surface area contributed by atoms with E-state index in [1.54, 1.807) is 23.1 Å². The second-order valence-corrected chi connectivity index (χ2v) is 8.69. The van der Waals surface area contributed by atoms with Crippen molar-refractivity contribution >= 4 is 28.9 Å². The molecule has 1 amide bonds. The van der Waals surface area contributed by atoms with Crippen LogP contribution in [0.5, 0.6) is 5.75 Å². The molecular weight excluding hydrogens is 472 g/mol. The third-order valence-electron chi connectivity index (χ3n) is 5.74. The Morgan fingerprint density at radius 3 is 2.84 bits per heavy atom. The quantitative estimate of drug-likeness (QED) is 0.375. The van der Waals surface area contributed by atoms with Crippen LogP contribution in [0.4, 0.5) is 23.0 Å². The lowest BCUT2D eigenvalue weighted by Gasteiger charge is -2.19. The summed E-state index contributed by atoms with van der Waals surface area (Å²) in [5.41, 5.74) is 2.90. The smallest absolute Gasteiger partial charge is 0.254 e. The number of benzene rings is 1. The highest BCUT2D eigenvalue weighted by Crippen LogP contribution is 2.39. The van der Waals surface area contributed by atoms with Gasteiger partial charge < -0.3 is 25.4 Å². The molecule has 0 saturated heterocycles. The summed E-state index contributed by atoms with van der Waals surface area (Å²) in [7, 11) is 1.53. The summed E-state index contributed by atoms with van der Waals surface area (Å²) in [6.07, 6.45) is 2.95. The van der Waals surface area contributed by atoms with Gasteiger partial charge in [0.1, 0.15) is 18.0 Å². The maximum absolute atomic E-state index is 13.0. The van der Waals surface area contributed by atoms with Crippen molar-refractivity contribution in [3.63, 3.8) is 0 Å². The Kier molecular flexibility index (Phi) is 5.71. The molecule has 0 aliphatic carbocycles. The van der Waals surface area contributed by atoms with Gasteiger partial charge in [0.05, 0.1) is 48.5 Å². The van der Waals surface area contributed by atoms with Crippen molar-refractivity contribution < 1.29 is 18.4 Å². The van der Waals surface area contributed by atoms with E-state index >= 15 is 0 Å². The Morgan fingerprint density at radius 2 is 2.05 bits per heavy atom. The Morgan fingerprint density at radius 1 is 1.16 bits per heavy atom. The average Bonchev–Trinajstić information content (AvgIpc) is 3.38. The predicted octanol–water partition coefficient (Wildman–Crippen LogP) is 4.20. The lowest BCUT2D eigenvalue weighted by atomic mass is 10.1. The van der Waals surface area contributed by atoms with E-state index in [0.29, 0.717) is 40.2 Å². The van der Waals surface area contributed by atoms with E-state index < -0.39 is 12.9 Å². The van der Waals surface area contributed by atoms with Crippen molar-refractivity contribution in [2.45, 2.75) is 33.1 Å². The first-order chi connectivity index (χ1) is 19.1. The van der Waals surface area contributed by atoms with Gasteiger partial charge in [-0.25, -0.2) is 19.6 Å². The van der Waals surface area contributed by atoms with Crippen LogP contribution in [-0.2, 0) is 18.0 Å². The summed E-state index contributed by atoms with van der Waals surface area (Å²) in [6, 6.07) is 10.9. The van der Waals surface area contributed by atoms with Crippen molar-refractivity contribution in [1.29, 1.82) is 0 Å². The SMILES string of the molecule is [2H]C([2H])([2H])NC(=O)c1cnc2cc1Nc1cc(cc(-c3ncn(C(C)C)n3)c1OC)COCc1cccc(n1)N2. The number of pyridine rings is 2. The van der Waals surface area contributed by atoms with Crippen LogP contribution < -0.4 is 20.7 Å². The Hall–Kier alpha value is -4.51. The average molecular weight is 504 g/mol. The van der Waals surface area contributed by atoms with Gasteiger partial charge in [0.25, 0.3) is 5.91 Å². The number of nitrogens with one attached hydrogen (secondary N) is 3. The van der Waals surface area contributed by atoms with Crippen molar-refractivity contribution in [3.8, 4) is 17.1 Å². The molecule has 11 nitrogen and oxygen atoms in total. The molecule has 0 saturated carbocycles. The van der Waals surface area contributed by atoms with E-state index in [-0.39, 0.29) is 30.5 Å². The van der Waals surface area contributed by atoms with Gasteiger partial charge >= 0.3 is 0 Å². The molecule has 4 heterocycles. The number of hydrogen-bond acceptors (Lipinski definition) is 9. The van der Waals surface area contributed by atoms with E-state index in [9.17, 15) is 4.79 Å². The van der Waals surface area contributed by atoms with Crippen LogP contribution in [0, 0.1) is 0 Å². The standard InChI is InChI=1S/C26H28N8O3/c1-15(2)34-14-29-25(33-34)18-8-16-9-21(24(18)36-4)31-20-10-23(28-11-19(20)26(35)27-3)32-22-7-5-6-17(30-22)13-37-12-16/h5-11,14-15,31H,12-13H2,1-4H3,(H,27,35)(H,28,30,32)/i3D3. The number of hydrogen-bond donors (Lipinski definition) is 3. The lowest BCUT2D eigenvalue weighted by molar-refractivity contribution is 0.0963. The molecule has 1 aliphatic rings. The van der Waals surface area contributed by atoms with Gasteiger partial charge in [0, 0.05) is 29.4 Å². The highest BCUT2D eigenvalue weighted by molar-refractivity contribution is 6.00. The number of ether oxygens (including phenoxy) is 2. The Bertz CT molecular complexity index is 1550. The molecule has 0 radical (unpaired) electrons. The maximum Gasteiger partial charge on any atom is 0.254 e. The maximum atomic E-state index is 13.0. The Labute approximate surface area is 218 Å². The molecule has 0 atom stereocenters. The van der Waals surface area contributed by atoms with Gasteiger partial charge in [-0.3, -0.25) is 4.79 Å². The number of carbonyl (C=O) groups excluding carboxylic acids is 1. The van der Waals surface area contributed by atoms with Crippen molar-refractivity contribution in [2.24, 2.45) is 0 Å². The van der Waals surface area contributed by atoms with E-state index in [4.69, 9.17) is 13.6 Å². The molecule has 190 valence electrons. The predicted molar refractivity (Wildman–Crippen MR) is 139 cm³/mol. The fraction of sp³-hybridized carbons (Fsp3) is 0.269. The van der Waals surface area contributed by atoms with E-state index in [0.717, 1.165) is 5.56 Å². The van der Waals surface area contributed by atoms with Crippen molar-refractivity contribution in [2.75, 3.05) is 24.7 Å². The van der Waals surface area contributed by atoms with E-state index in [2.05, 4.69) is 30.7 Å². The Balaban J connectivity index is 1.67. The first-order valence-electron chi connectivity index (χ1n) is 13.1. The minimum absolute atomic E-state index is 0.0166. The molecule has 3 N–H and O–H groups in total. The van der Waals surface area contributed by atoms with Crippen LogP contribution >= 0.6 is 0 Å². The highest BCUT2D eigenvalue weighted by atomic mass is 16.5. The minimum atomic E-state index is -2.68. The summed E-state index contributed by atoms with van der Waals surface area (Å²) in [6.45, 7) is 1.83. The fourth-order valence-electron chi connectivity index (χ4n) is 3.95. The van der Waals surface area contributed by atoms with Gasteiger partial charge in [-0.1, -0.05) is 6.07 Å². The molecule has 0 spiro atoms. The van der Waals surface area contributed by atoms with E-state index in [1.165, 1.54) is 13.3 Å². The highest BCUT2D eigenvalue weighted by Gasteiger charge is 2.20. The van der Waals surface area contributed by atoms with Gasteiger partial charge in [0.2, 0.25) is 0 Å². The van der Waals surface area contributed by atoms with Gasteiger partial charge in [-0.2, -0.15) is 5.10 Å². The number of aromatic nitrogens is 5. The van der Waals surface area contributed by atoms with Crippen LogP contribution in [0.15, 0.2) is 48.9 Å². The molecule has 5 rings (SSSR count). The number of anilines is 4. The zero-order valence-corrected chi connectivity index (χ0v) is 20.6. The molecule has 1 aliphatic heterocycles. The van der Waals surface area contributed by atoms with Gasteiger partial charge in [-0.05, 0) is 43.7 Å². The number of fused-ring (bicyclic) bond motifs is 6. The molecule has 0 fully saturated rings. The third-order valence-corrected chi connectivity index (χ3v) is 5.74. The third kappa shape index (κ3) is 5.07. The van der Waals surface area contributed by atoms with Gasteiger partial charge in [-0.15, -0.1) is 0 Å². The molecule has 11 heteroatoms. The van der Waals surface area contributed by atoms with Crippen molar-refractivity contribution in [1.82, 2.24) is 30.0 Å². The summed E-state index contributed by atoms with van der Waals surface area (Å²) >= 11 is 0. The van der Waals surface area contributed by atoms with Crippen molar-refractivity contribution in [3.05, 3.63) is 65.7 Å². The van der Waals surface area contributed by atoms with Gasteiger partial charge in [0.15, 0.2) is 11.6 Å². The molecule has 6 bridgehead atoms. The molecule has 1 aromatic carbocycles. The summed E-state index contributed by atoms with van der Waals surface area (Å²) < 4.78 is 36.0. The minimum Gasteiger partial charge on any atom is -0.494 e. The normalized spacial score (nSPS) is 14.3. The monoisotopic (exact) mass is 503 g/mol. The summed E-state index contributed by atoms with van der Waals surface area (Å²) in [5, 5.41) is 13.0. The second kappa shape index (κ2) is 10.2. The zero-order chi connectivity index (χ0) is 28.4. The molecule has 4 aromatic rings. The number of nitrogens with zero attached hydrogens (tertiary/aromatic N) is 5. The molecule has 3 aromatic heterocycles. The van der Waals surface area contributed by atoms with Crippen LogP contribution in [0.2, 0.25) is 0 Å².